The van der Waals surface area contributed by atoms with Gasteiger partial charge in [-0.1, -0.05) is 50.6 Å². The topological polar surface area (TPSA) is 3.24 Å². The lowest BCUT2D eigenvalue weighted by Crippen LogP contribution is -2.24. The van der Waals surface area contributed by atoms with Gasteiger partial charge in [0.05, 0.1) is 0 Å². The van der Waals surface area contributed by atoms with Gasteiger partial charge < -0.3 is 4.90 Å². The molecule has 0 spiro atoms. The molecule has 0 saturated heterocycles. The van der Waals surface area contributed by atoms with Gasteiger partial charge in [0.15, 0.2) is 0 Å². The zero-order chi connectivity index (χ0) is 11.1. The molecule has 0 saturated carbocycles. The van der Waals surface area contributed by atoms with E-state index < -0.39 is 0 Å². The molecule has 84 valence electrons. The first-order valence-corrected chi connectivity index (χ1v) is 6.01. The highest BCUT2D eigenvalue weighted by Crippen LogP contribution is 2.21. The molecule has 0 amide bonds. The highest BCUT2D eigenvalue weighted by atomic mass is 15.1. The van der Waals surface area contributed by atoms with Crippen LogP contribution in [0.15, 0.2) is 30.3 Å². The molecule has 0 bridgehead atoms. The summed E-state index contributed by atoms with van der Waals surface area (Å²) in [6.45, 7) is 6.79. The highest BCUT2D eigenvalue weighted by Gasteiger charge is 2.11. The average molecular weight is 205 g/mol. The molecule has 0 aliphatic carbocycles. The van der Waals surface area contributed by atoms with Crippen LogP contribution in [0.25, 0.3) is 0 Å². The summed E-state index contributed by atoms with van der Waals surface area (Å²) in [5.41, 5.74) is 1.49. The molecule has 1 rings (SSSR count). The minimum absolute atomic E-state index is 0.696. The van der Waals surface area contributed by atoms with Gasteiger partial charge in [-0.2, -0.15) is 0 Å². The molecule has 0 aliphatic rings. The smallest absolute Gasteiger partial charge is 0.00471 e. The van der Waals surface area contributed by atoms with Crippen LogP contribution >= 0.6 is 0 Å². The van der Waals surface area contributed by atoms with E-state index in [1.807, 2.05) is 0 Å². The van der Waals surface area contributed by atoms with Crippen LogP contribution in [0.5, 0.6) is 0 Å². The Hall–Kier alpha value is -0.820. The van der Waals surface area contributed by atoms with Gasteiger partial charge in [0.25, 0.3) is 0 Å². The first kappa shape index (κ1) is 12.3. The molecule has 1 atom stereocenters. The summed E-state index contributed by atoms with van der Waals surface area (Å²) >= 11 is 0. The largest absolute Gasteiger partial charge is 0.306 e. The normalized spacial score (nSPS) is 13.1. The van der Waals surface area contributed by atoms with Gasteiger partial charge in [-0.05, 0) is 31.5 Å². The lowest BCUT2D eigenvalue weighted by Gasteiger charge is -2.23. The first-order valence-electron chi connectivity index (χ1n) is 6.01. The van der Waals surface area contributed by atoms with Gasteiger partial charge in [-0.3, -0.25) is 0 Å². The Morgan fingerprint density at radius 2 is 1.80 bits per heavy atom. The molecule has 1 heteroatoms. The molecule has 0 unspecified atom stereocenters. The lowest BCUT2D eigenvalue weighted by atomic mass is 9.94. The van der Waals surface area contributed by atoms with Crippen LogP contribution in [0.3, 0.4) is 0 Å². The average Bonchev–Trinajstić information content (AvgIpc) is 2.29. The number of benzene rings is 1. The van der Waals surface area contributed by atoms with Crippen LogP contribution in [-0.4, -0.2) is 25.0 Å². The minimum Gasteiger partial charge on any atom is -0.306 e. The fourth-order valence-electron chi connectivity index (χ4n) is 1.94. The molecular formula is C14H23N. The third-order valence-corrected chi connectivity index (χ3v) is 2.98. The summed E-state index contributed by atoms with van der Waals surface area (Å²) in [4.78, 5) is 2.40. The van der Waals surface area contributed by atoms with Crippen LogP contribution in [0.1, 0.15) is 38.2 Å². The molecule has 1 nitrogen and oxygen atoms in total. The van der Waals surface area contributed by atoms with Crippen LogP contribution in [0.2, 0.25) is 0 Å². The van der Waals surface area contributed by atoms with Gasteiger partial charge in [-0.25, -0.2) is 0 Å². The van der Waals surface area contributed by atoms with E-state index in [0.29, 0.717) is 5.92 Å². The fraction of sp³-hybridized carbons (Fsp3) is 0.571. The Bertz CT molecular complexity index is 255. The van der Waals surface area contributed by atoms with E-state index in [0.717, 1.165) is 6.54 Å². The van der Waals surface area contributed by atoms with Crippen molar-refractivity contribution < 1.29 is 0 Å². The van der Waals surface area contributed by atoms with Gasteiger partial charge in [-0.15, -0.1) is 0 Å². The van der Waals surface area contributed by atoms with Crippen molar-refractivity contribution in [2.24, 2.45) is 0 Å². The van der Waals surface area contributed by atoms with Crippen molar-refractivity contribution >= 4 is 0 Å². The summed E-state index contributed by atoms with van der Waals surface area (Å²) in [6.07, 6.45) is 2.55. The summed E-state index contributed by atoms with van der Waals surface area (Å²) < 4.78 is 0. The highest BCUT2D eigenvalue weighted by molar-refractivity contribution is 5.19. The zero-order valence-corrected chi connectivity index (χ0v) is 10.2. The second-order valence-electron chi connectivity index (χ2n) is 4.25. The lowest BCUT2D eigenvalue weighted by molar-refractivity contribution is 0.318. The number of rotatable bonds is 6. The Morgan fingerprint density at radius 1 is 1.13 bits per heavy atom. The van der Waals surface area contributed by atoms with E-state index in [2.05, 4.69) is 56.1 Å². The Balaban J connectivity index is 2.65. The number of hydrogen-bond donors (Lipinski definition) is 0. The van der Waals surface area contributed by atoms with Crippen LogP contribution in [0, 0.1) is 0 Å². The first-order chi connectivity index (χ1) is 7.27. The van der Waals surface area contributed by atoms with E-state index in [1.165, 1.54) is 24.9 Å². The maximum atomic E-state index is 2.40. The van der Waals surface area contributed by atoms with Crippen molar-refractivity contribution in [1.82, 2.24) is 4.90 Å². The Kier molecular flexibility index (Phi) is 5.41. The van der Waals surface area contributed by atoms with Crippen molar-refractivity contribution in [3.63, 3.8) is 0 Å². The van der Waals surface area contributed by atoms with E-state index in [-0.39, 0.29) is 0 Å². The second kappa shape index (κ2) is 6.62. The monoisotopic (exact) mass is 205 g/mol. The van der Waals surface area contributed by atoms with Crippen molar-refractivity contribution in [2.75, 3.05) is 20.1 Å². The third kappa shape index (κ3) is 4.05. The van der Waals surface area contributed by atoms with Crippen molar-refractivity contribution in [3.05, 3.63) is 35.9 Å². The fourth-order valence-corrected chi connectivity index (χ4v) is 1.94. The van der Waals surface area contributed by atoms with Crippen molar-refractivity contribution in [2.45, 2.75) is 32.6 Å². The molecule has 1 aromatic rings. The predicted octanol–water partition coefficient (Wildman–Crippen LogP) is 3.52. The second-order valence-corrected chi connectivity index (χ2v) is 4.25. The molecule has 1 aromatic carbocycles. The molecule has 0 radical (unpaired) electrons. The molecule has 0 aromatic heterocycles. The van der Waals surface area contributed by atoms with Gasteiger partial charge in [0.2, 0.25) is 0 Å². The SMILES string of the molecule is CCC[C@@H](CN(C)CC)c1ccccc1. The van der Waals surface area contributed by atoms with Gasteiger partial charge >= 0.3 is 0 Å². The Morgan fingerprint density at radius 3 is 2.33 bits per heavy atom. The van der Waals surface area contributed by atoms with Gasteiger partial charge in [0.1, 0.15) is 0 Å². The Labute approximate surface area is 94.1 Å². The minimum atomic E-state index is 0.696. The van der Waals surface area contributed by atoms with Crippen molar-refractivity contribution in [1.29, 1.82) is 0 Å². The molecule has 15 heavy (non-hydrogen) atoms. The van der Waals surface area contributed by atoms with E-state index in [1.54, 1.807) is 0 Å². The molecule has 0 fully saturated rings. The summed E-state index contributed by atoms with van der Waals surface area (Å²) in [5.74, 6) is 0.696. The van der Waals surface area contributed by atoms with Crippen LogP contribution < -0.4 is 0 Å². The van der Waals surface area contributed by atoms with E-state index in [4.69, 9.17) is 0 Å². The predicted molar refractivity (Wildman–Crippen MR) is 67.3 cm³/mol. The van der Waals surface area contributed by atoms with Gasteiger partial charge in [0, 0.05) is 6.54 Å². The van der Waals surface area contributed by atoms with E-state index >= 15 is 0 Å². The maximum Gasteiger partial charge on any atom is 0.00471 e. The summed E-state index contributed by atoms with van der Waals surface area (Å²) in [7, 11) is 2.20. The van der Waals surface area contributed by atoms with Crippen LogP contribution in [-0.2, 0) is 0 Å². The molecular weight excluding hydrogens is 182 g/mol. The third-order valence-electron chi connectivity index (χ3n) is 2.98. The number of likely N-dealkylation sites (N-methyl/N-ethyl adjacent to an activating group) is 1. The zero-order valence-electron chi connectivity index (χ0n) is 10.2. The van der Waals surface area contributed by atoms with Crippen LogP contribution in [0.4, 0.5) is 0 Å². The number of nitrogens with zero attached hydrogens (tertiary/aromatic N) is 1. The molecule has 0 heterocycles. The summed E-state index contributed by atoms with van der Waals surface area (Å²) in [6, 6.07) is 10.9. The molecule has 0 aliphatic heterocycles. The molecule has 0 N–H and O–H groups in total. The van der Waals surface area contributed by atoms with Crippen molar-refractivity contribution in [3.8, 4) is 0 Å². The summed E-state index contributed by atoms with van der Waals surface area (Å²) in [5, 5.41) is 0. The maximum absolute atomic E-state index is 2.40. The standard InChI is InChI=1S/C14H23N/c1-4-9-14(12-15(3)5-2)13-10-7-6-8-11-13/h6-8,10-11,14H,4-5,9,12H2,1-3H3/t14-/m0/s1. The number of hydrogen-bond acceptors (Lipinski definition) is 1. The quantitative estimate of drug-likeness (QED) is 0.687. The van der Waals surface area contributed by atoms with E-state index in [9.17, 15) is 0 Å².